The van der Waals surface area contributed by atoms with Crippen LogP contribution in [0, 0.1) is 6.92 Å². The molecule has 2 aliphatic rings. The Hall–Kier alpha value is -1.48. The van der Waals surface area contributed by atoms with Gasteiger partial charge in [-0.1, -0.05) is 24.3 Å². The molecule has 0 bridgehead atoms. The molecule has 2 heterocycles. The fourth-order valence-electron chi connectivity index (χ4n) is 3.85. The Morgan fingerprint density at radius 2 is 1.52 bits per heavy atom. The molecule has 0 radical (unpaired) electrons. The predicted octanol–water partition coefficient (Wildman–Crippen LogP) is 0.994. The monoisotopic (exact) mass is 395 g/mol. The minimum atomic E-state index is -3.48. The molecule has 0 aliphatic carbocycles. The second-order valence-electron chi connectivity index (χ2n) is 7.65. The Morgan fingerprint density at radius 3 is 2.11 bits per heavy atom. The molecule has 0 unspecified atom stereocenters. The average molecular weight is 396 g/mol. The van der Waals surface area contributed by atoms with Gasteiger partial charge in [0.25, 0.3) is 10.2 Å². The van der Waals surface area contributed by atoms with Crippen LogP contribution in [0.5, 0.6) is 0 Å². The molecule has 2 saturated heterocycles. The summed E-state index contributed by atoms with van der Waals surface area (Å²) < 4.78 is 33.8. The molecule has 150 valence electrons. The lowest BCUT2D eigenvalue weighted by Gasteiger charge is -2.40. The van der Waals surface area contributed by atoms with Crippen molar-refractivity contribution in [3.63, 3.8) is 0 Å². The van der Waals surface area contributed by atoms with Crippen LogP contribution >= 0.6 is 0 Å². The molecule has 1 amide bonds. The molecule has 3 rings (SSSR count). The molecule has 8 heteroatoms. The molecular weight excluding hydrogens is 366 g/mol. The lowest BCUT2D eigenvalue weighted by molar-refractivity contribution is -0.137. The highest BCUT2D eigenvalue weighted by Gasteiger charge is 2.39. The lowest BCUT2D eigenvalue weighted by atomic mass is 9.80. The van der Waals surface area contributed by atoms with E-state index in [1.165, 1.54) is 8.61 Å². The number of carbonyl (C=O) groups excluding carboxylic acids is 1. The van der Waals surface area contributed by atoms with E-state index in [2.05, 4.69) is 0 Å². The van der Waals surface area contributed by atoms with Gasteiger partial charge in [-0.05, 0) is 31.9 Å². The number of morpholine rings is 1. The molecule has 0 aromatic heterocycles. The number of benzene rings is 1. The maximum absolute atomic E-state index is 13.2. The highest BCUT2D eigenvalue weighted by Crippen LogP contribution is 2.29. The van der Waals surface area contributed by atoms with E-state index in [9.17, 15) is 13.2 Å². The van der Waals surface area contributed by atoms with Gasteiger partial charge in [-0.3, -0.25) is 4.79 Å². The van der Waals surface area contributed by atoms with Crippen molar-refractivity contribution in [2.45, 2.75) is 26.2 Å². The zero-order valence-electron chi connectivity index (χ0n) is 16.3. The van der Waals surface area contributed by atoms with Crippen LogP contribution in [0.1, 0.15) is 25.0 Å². The van der Waals surface area contributed by atoms with E-state index in [0.717, 1.165) is 11.1 Å². The number of aryl methyl sites for hydroxylation is 1. The Balaban J connectivity index is 1.66. The summed E-state index contributed by atoms with van der Waals surface area (Å²) in [5.74, 6) is 0.0419. The van der Waals surface area contributed by atoms with Crippen molar-refractivity contribution in [1.82, 2.24) is 13.5 Å². The van der Waals surface area contributed by atoms with Crippen LogP contribution in [-0.4, -0.2) is 80.3 Å². The summed E-state index contributed by atoms with van der Waals surface area (Å²) in [4.78, 5) is 15.0. The zero-order valence-corrected chi connectivity index (χ0v) is 17.2. The Labute approximate surface area is 162 Å². The SMILES string of the molecule is Cc1ccccc1C(C)(C)C(=O)N1CCN(S(=O)(=O)N2CCOCC2)CC1. The van der Waals surface area contributed by atoms with Crippen molar-refractivity contribution in [3.05, 3.63) is 35.4 Å². The van der Waals surface area contributed by atoms with Gasteiger partial charge >= 0.3 is 0 Å². The number of nitrogens with zero attached hydrogens (tertiary/aromatic N) is 3. The number of hydrogen-bond donors (Lipinski definition) is 0. The maximum atomic E-state index is 13.2. The van der Waals surface area contributed by atoms with Crippen molar-refractivity contribution >= 4 is 16.1 Å². The fraction of sp³-hybridized carbons (Fsp3) is 0.632. The summed E-state index contributed by atoms with van der Waals surface area (Å²) >= 11 is 0. The minimum Gasteiger partial charge on any atom is -0.379 e. The van der Waals surface area contributed by atoms with Gasteiger partial charge in [0.05, 0.1) is 18.6 Å². The molecule has 0 N–H and O–H groups in total. The van der Waals surface area contributed by atoms with Gasteiger partial charge in [0.2, 0.25) is 5.91 Å². The van der Waals surface area contributed by atoms with E-state index in [4.69, 9.17) is 4.74 Å². The topological polar surface area (TPSA) is 70.2 Å². The zero-order chi connectivity index (χ0) is 19.7. The van der Waals surface area contributed by atoms with Gasteiger partial charge in [-0.15, -0.1) is 0 Å². The number of hydrogen-bond acceptors (Lipinski definition) is 4. The average Bonchev–Trinajstić information content (AvgIpc) is 2.68. The van der Waals surface area contributed by atoms with Crippen molar-refractivity contribution in [2.24, 2.45) is 0 Å². The molecular formula is C19H29N3O4S. The molecule has 0 saturated carbocycles. The normalized spacial score (nSPS) is 20.6. The van der Waals surface area contributed by atoms with Crippen LogP contribution in [0.2, 0.25) is 0 Å². The third-order valence-corrected chi connectivity index (χ3v) is 7.54. The first kappa shape index (κ1) is 20.3. The van der Waals surface area contributed by atoms with Crippen molar-refractivity contribution in [3.8, 4) is 0 Å². The van der Waals surface area contributed by atoms with Crippen LogP contribution in [0.4, 0.5) is 0 Å². The van der Waals surface area contributed by atoms with Crippen LogP contribution in [-0.2, 0) is 25.2 Å². The number of carbonyl (C=O) groups is 1. The van der Waals surface area contributed by atoms with Gasteiger partial charge in [-0.25, -0.2) is 0 Å². The molecule has 1 aromatic carbocycles. The van der Waals surface area contributed by atoms with Crippen LogP contribution < -0.4 is 0 Å². The van der Waals surface area contributed by atoms with Crippen LogP contribution in [0.15, 0.2) is 24.3 Å². The quantitative estimate of drug-likeness (QED) is 0.763. The molecule has 7 nitrogen and oxygen atoms in total. The van der Waals surface area contributed by atoms with E-state index >= 15 is 0 Å². The lowest BCUT2D eigenvalue weighted by Crippen LogP contribution is -2.57. The second-order valence-corrected chi connectivity index (χ2v) is 9.58. The van der Waals surface area contributed by atoms with E-state index in [1.807, 2.05) is 45.0 Å². The Kier molecular flexibility index (Phi) is 5.90. The smallest absolute Gasteiger partial charge is 0.282 e. The van der Waals surface area contributed by atoms with E-state index in [-0.39, 0.29) is 5.91 Å². The maximum Gasteiger partial charge on any atom is 0.282 e. The number of piperazine rings is 1. The Morgan fingerprint density at radius 1 is 0.963 bits per heavy atom. The molecule has 27 heavy (non-hydrogen) atoms. The van der Waals surface area contributed by atoms with Crippen molar-refractivity contribution in [2.75, 3.05) is 52.5 Å². The summed E-state index contributed by atoms with van der Waals surface area (Å²) in [6, 6.07) is 7.92. The first-order chi connectivity index (χ1) is 12.7. The summed E-state index contributed by atoms with van der Waals surface area (Å²) in [5.41, 5.74) is 1.46. The third kappa shape index (κ3) is 4.03. The number of ether oxygens (including phenoxy) is 1. The van der Waals surface area contributed by atoms with Gasteiger partial charge in [0.1, 0.15) is 0 Å². The minimum absolute atomic E-state index is 0.0419. The third-order valence-electron chi connectivity index (χ3n) is 5.50. The largest absolute Gasteiger partial charge is 0.379 e. The highest BCUT2D eigenvalue weighted by atomic mass is 32.2. The predicted molar refractivity (Wildman–Crippen MR) is 104 cm³/mol. The summed E-state index contributed by atoms with van der Waals surface area (Å²) in [6.45, 7) is 9.02. The molecule has 0 spiro atoms. The van der Waals surface area contributed by atoms with E-state index in [1.54, 1.807) is 4.90 Å². The van der Waals surface area contributed by atoms with Gasteiger partial charge < -0.3 is 9.64 Å². The van der Waals surface area contributed by atoms with Crippen molar-refractivity contribution < 1.29 is 17.9 Å². The summed E-state index contributed by atoms with van der Waals surface area (Å²) in [7, 11) is -3.48. The fourth-order valence-corrected chi connectivity index (χ4v) is 5.41. The van der Waals surface area contributed by atoms with Gasteiger partial charge in [-0.2, -0.15) is 17.0 Å². The van der Waals surface area contributed by atoms with E-state index < -0.39 is 15.6 Å². The molecule has 0 atom stereocenters. The first-order valence-corrected chi connectivity index (χ1v) is 10.8. The van der Waals surface area contributed by atoms with Crippen LogP contribution in [0.25, 0.3) is 0 Å². The summed E-state index contributed by atoms with van der Waals surface area (Å²) in [5, 5.41) is 0. The molecule has 1 aromatic rings. The second kappa shape index (κ2) is 7.87. The molecule has 2 aliphatic heterocycles. The van der Waals surface area contributed by atoms with E-state index in [0.29, 0.717) is 52.5 Å². The first-order valence-electron chi connectivity index (χ1n) is 9.43. The van der Waals surface area contributed by atoms with Crippen LogP contribution in [0.3, 0.4) is 0 Å². The van der Waals surface area contributed by atoms with Gasteiger partial charge in [0, 0.05) is 39.3 Å². The standard InChI is InChI=1S/C19H29N3O4S/c1-16-6-4-5-7-17(16)19(2,3)18(23)20-8-10-21(11-9-20)27(24,25)22-12-14-26-15-13-22/h4-7H,8-15H2,1-3H3. The van der Waals surface area contributed by atoms with Crippen molar-refractivity contribution in [1.29, 1.82) is 0 Å². The number of amides is 1. The van der Waals surface area contributed by atoms with Gasteiger partial charge in [0.15, 0.2) is 0 Å². The molecule has 2 fully saturated rings. The summed E-state index contributed by atoms with van der Waals surface area (Å²) in [6.07, 6.45) is 0. The number of rotatable bonds is 4. The Bertz CT molecular complexity index is 780. The highest BCUT2D eigenvalue weighted by molar-refractivity contribution is 7.86.